The van der Waals surface area contributed by atoms with Gasteiger partial charge in [0.1, 0.15) is 11.9 Å². The molecule has 0 aromatic heterocycles. The highest BCUT2D eigenvalue weighted by Gasteiger charge is 2.15. The topological polar surface area (TPSA) is 52.9 Å². The van der Waals surface area contributed by atoms with Crippen LogP contribution in [0.3, 0.4) is 0 Å². The Balaban J connectivity index is 2.05. The normalized spacial score (nSPS) is 11.5. The lowest BCUT2D eigenvalue weighted by Crippen LogP contribution is -2.29. The Kier molecular flexibility index (Phi) is 4.68. The first kappa shape index (κ1) is 14.7. The van der Waals surface area contributed by atoms with Crippen molar-refractivity contribution in [1.82, 2.24) is 5.32 Å². The van der Waals surface area contributed by atoms with Crippen molar-refractivity contribution in [3.05, 3.63) is 71.0 Å². The molecule has 0 aliphatic carbocycles. The van der Waals surface area contributed by atoms with Gasteiger partial charge in [0.15, 0.2) is 0 Å². The van der Waals surface area contributed by atoms with E-state index in [1.807, 2.05) is 25.1 Å². The Labute approximate surface area is 123 Å². The van der Waals surface area contributed by atoms with Crippen molar-refractivity contribution in [3.63, 3.8) is 0 Å². The lowest BCUT2D eigenvalue weighted by molar-refractivity contribution is -0.120. The second-order valence-electron chi connectivity index (χ2n) is 4.81. The number of halogens is 1. The van der Waals surface area contributed by atoms with Crippen LogP contribution in [0, 0.1) is 24.1 Å². The van der Waals surface area contributed by atoms with Gasteiger partial charge in [0.25, 0.3) is 0 Å². The molecule has 4 heteroatoms. The summed E-state index contributed by atoms with van der Waals surface area (Å²) in [5, 5.41) is 11.8. The van der Waals surface area contributed by atoms with Crippen molar-refractivity contribution in [2.75, 3.05) is 0 Å². The predicted octanol–water partition coefficient (Wildman–Crippen LogP) is 3.06. The zero-order valence-corrected chi connectivity index (χ0v) is 11.6. The molecule has 0 heterocycles. The highest BCUT2D eigenvalue weighted by Crippen LogP contribution is 2.14. The average molecular weight is 282 g/mol. The van der Waals surface area contributed by atoms with E-state index in [9.17, 15) is 14.4 Å². The summed E-state index contributed by atoms with van der Waals surface area (Å²) in [5.41, 5.74) is 2.11. The Morgan fingerprint density at radius 3 is 2.52 bits per heavy atom. The third kappa shape index (κ3) is 3.90. The molecule has 0 saturated heterocycles. The van der Waals surface area contributed by atoms with Gasteiger partial charge >= 0.3 is 0 Å². The number of carbonyl (C=O) groups is 1. The Hall–Kier alpha value is -2.67. The van der Waals surface area contributed by atoms with Gasteiger partial charge in [0.2, 0.25) is 5.91 Å². The number of carbonyl (C=O) groups excluding carboxylic acids is 1. The summed E-state index contributed by atoms with van der Waals surface area (Å²) in [6.07, 6.45) is -0.0866. The number of benzene rings is 2. The summed E-state index contributed by atoms with van der Waals surface area (Å²) >= 11 is 0. The van der Waals surface area contributed by atoms with Crippen LogP contribution in [0.2, 0.25) is 0 Å². The number of hydrogen-bond donors (Lipinski definition) is 1. The average Bonchev–Trinajstić information content (AvgIpc) is 2.48. The van der Waals surface area contributed by atoms with Crippen LogP contribution in [-0.2, 0) is 11.2 Å². The summed E-state index contributed by atoms with van der Waals surface area (Å²) in [6, 6.07) is 14.8. The smallest absolute Gasteiger partial charge is 0.225 e. The summed E-state index contributed by atoms with van der Waals surface area (Å²) in [6.45, 7) is 1.95. The molecular formula is C17H15FN2O. The van der Waals surface area contributed by atoms with E-state index in [1.165, 1.54) is 6.07 Å². The van der Waals surface area contributed by atoms with Gasteiger partial charge in [-0.3, -0.25) is 4.79 Å². The molecule has 0 radical (unpaired) electrons. The van der Waals surface area contributed by atoms with Crippen LogP contribution in [-0.4, -0.2) is 5.91 Å². The Bertz CT molecular complexity index is 674. The fourth-order valence-corrected chi connectivity index (χ4v) is 1.98. The quantitative estimate of drug-likeness (QED) is 0.937. The molecule has 106 valence electrons. The van der Waals surface area contributed by atoms with Crippen LogP contribution in [0.5, 0.6) is 0 Å². The van der Waals surface area contributed by atoms with Gasteiger partial charge in [-0.1, -0.05) is 48.0 Å². The molecule has 1 N–H and O–H groups in total. The van der Waals surface area contributed by atoms with Crippen molar-refractivity contribution in [3.8, 4) is 6.07 Å². The number of hydrogen-bond acceptors (Lipinski definition) is 2. The molecule has 0 spiro atoms. The number of aryl methyl sites for hydroxylation is 1. The fraction of sp³-hybridized carbons (Fsp3) is 0.176. The summed E-state index contributed by atoms with van der Waals surface area (Å²) in [7, 11) is 0. The van der Waals surface area contributed by atoms with Crippen molar-refractivity contribution >= 4 is 5.91 Å². The van der Waals surface area contributed by atoms with Gasteiger partial charge in [-0.05, 0) is 24.1 Å². The molecule has 2 aromatic rings. The van der Waals surface area contributed by atoms with Crippen LogP contribution < -0.4 is 5.32 Å². The summed E-state index contributed by atoms with van der Waals surface area (Å²) < 4.78 is 13.5. The van der Waals surface area contributed by atoms with Gasteiger partial charge in [-0.25, -0.2) is 4.39 Å². The molecule has 21 heavy (non-hydrogen) atoms. The van der Waals surface area contributed by atoms with E-state index < -0.39 is 11.9 Å². The van der Waals surface area contributed by atoms with Gasteiger partial charge in [0.05, 0.1) is 12.5 Å². The van der Waals surface area contributed by atoms with Crippen LogP contribution in [0.1, 0.15) is 22.7 Å². The molecule has 0 saturated carbocycles. The monoisotopic (exact) mass is 282 g/mol. The van der Waals surface area contributed by atoms with E-state index in [2.05, 4.69) is 5.32 Å². The molecule has 1 atom stereocenters. The minimum Gasteiger partial charge on any atom is -0.336 e. The van der Waals surface area contributed by atoms with Crippen molar-refractivity contribution < 1.29 is 9.18 Å². The maximum Gasteiger partial charge on any atom is 0.225 e. The highest BCUT2D eigenvalue weighted by molar-refractivity contribution is 5.79. The zero-order valence-electron chi connectivity index (χ0n) is 11.6. The molecule has 3 nitrogen and oxygen atoms in total. The van der Waals surface area contributed by atoms with Crippen molar-refractivity contribution in [1.29, 1.82) is 5.26 Å². The number of nitrogens with zero attached hydrogens (tertiary/aromatic N) is 1. The minimum atomic E-state index is -0.732. The van der Waals surface area contributed by atoms with Crippen molar-refractivity contribution in [2.24, 2.45) is 0 Å². The number of rotatable bonds is 4. The first-order chi connectivity index (χ1) is 10.1. The molecular weight excluding hydrogens is 267 g/mol. The van der Waals surface area contributed by atoms with Crippen LogP contribution in [0.4, 0.5) is 4.39 Å². The largest absolute Gasteiger partial charge is 0.336 e. The molecule has 2 rings (SSSR count). The maximum absolute atomic E-state index is 13.5. The summed E-state index contributed by atoms with van der Waals surface area (Å²) in [4.78, 5) is 11.9. The van der Waals surface area contributed by atoms with E-state index in [0.29, 0.717) is 11.1 Å². The Morgan fingerprint density at radius 1 is 1.24 bits per heavy atom. The molecule has 0 bridgehead atoms. The lowest BCUT2D eigenvalue weighted by Gasteiger charge is -2.12. The van der Waals surface area contributed by atoms with E-state index >= 15 is 0 Å². The molecule has 0 aliphatic heterocycles. The van der Waals surface area contributed by atoms with Gasteiger partial charge in [-0.2, -0.15) is 5.26 Å². The molecule has 1 amide bonds. The zero-order chi connectivity index (χ0) is 15.2. The molecule has 1 unspecified atom stereocenters. The van der Waals surface area contributed by atoms with E-state index in [0.717, 1.165) is 5.56 Å². The standard InChI is InChI=1S/C17H15FN2O/c1-12-6-8-13(9-7-12)16(11-19)20-17(21)10-14-4-2-3-5-15(14)18/h2-9,16H,10H2,1H3,(H,20,21). The second kappa shape index (κ2) is 6.67. The lowest BCUT2D eigenvalue weighted by atomic mass is 10.1. The third-order valence-electron chi connectivity index (χ3n) is 3.15. The molecule has 0 aliphatic rings. The predicted molar refractivity (Wildman–Crippen MR) is 77.8 cm³/mol. The SMILES string of the molecule is Cc1ccc(C(C#N)NC(=O)Cc2ccccc2F)cc1. The first-order valence-electron chi connectivity index (χ1n) is 6.59. The number of amides is 1. The fourth-order valence-electron chi connectivity index (χ4n) is 1.98. The molecule has 0 fully saturated rings. The van der Waals surface area contributed by atoms with Gasteiger partial charge in [-0.15, -0.1) is 0 Å². The van der Waals surface area contributed by atoms with E-state index in [1.54, 1.807) is 30.3 Å². The highest BCUT2D eigenvalue weighted by atomic mass is 19.1. The van der Waals surface area contributed by atoms with Crippen LogP contribution >= 0.6 is 0 Å². The third-order valence-corrected chi connectivity index (χ3v) is 3.15. The molecule has 2 aromatic carbocycles. The second-order valence-corrected chi connectivity index (χ2v) is 4.81. The van der Waals surface area contributed by atoms with Crippen LogP contribution in [0.25, 0.3) is 0 Å². The van der Waals surface area contributed by atoms with E-state index in [-0.39, 0.29) is 12.3 Å². The Morgan fingerprint density at radius 2 is 1.90 bits per heavy atom. The van der Waals surface area contributed by atoms with Crippen molar-refractivity contribution in [2.45, 2.75) is 19.4 Å². The van der Waals surface area contributed by atoms with Gasteiger partial charge in [0, 0.05) is 0 Å². The van der Waals surface area contributed by atoms with E-state index in [4.69, 9.17) is 0 Å². The number of nitrogens with one attached hydrogen (secondary N) is 1. The first-order valence-corrected chi connectivity index (χ1v) is 6.59. The van der Waals surface area contributed by atoms with Crippen LogP contribution in [0.15, 0.2) is 48.5 Å². The summed E-state index contributed by atoms with van der Waals surface area (Å²) in [5.74, 6) is -0.802. The van der Waals surface area contributed by atoms with Gasteiger partial charge < -0.3 is 5.32 Å². The number of nitriles is 1. The minimum absolute atomic E-state index is 0.0866. The maximum atomic E-state index is 13.5.